The monoisotopic (exact) mass is 473 g/mol. The topological polar surface area (TPSA) is 65.8 Å². The summed E-state index contributed by atoms with van der Waals surface area (Å²) in [5.41, 5.74) is 5.87. The van der Waals surface area contributed by atoms with Crippen LogP contribution in [0.1, 0.15) is 65.9 Å². The lowest BCUT2D eigenvalue weighted by molar-refractivity contribution is -0.132. The van der Waals surface area contributed by atoms with E-state index in [4.69, 9.17) is 0 Å². The molecule has 0 spiro atoms. The average molecular weight is 474 g/mol. The second-order valence-corrected chi connectivity index (χ2v) is 10.3. The Morgan fingerprint density at radius 1 is 1.06 bits per heavy atom. The summed E-state index contributed by atoms with van der Waals surface area (Å²) in [5.74, 6) is -0.422. The van der Waals surface area contributed by atoms with Gasteiger partial charge in [-0.1, -0.05) is 49.6 Å². The quantitative estimate of drug-likeness (QED) is 0.524. The van der Waals surface area contributed by atoms with Crippen LogP contribution in [0, 0.1) is 0 Å². The van der Waals surface area contributed by atoms with Crippen LogP contribution in [0.2, 0.25) is 0 Å². The van der Waals surface area contributed by atoms with Gasteiger partial charge in [-0.3, -0.25) is 4.79 Å². The Morgan fingerprint density at radius 2 is 1.83 bits per heavy atom. The molecule has 0 saturated heterocycles. The van der Waals surface area contributed by atoms with Gasteiger partial charge in [0.25, 0.3) is 0 Å². The number of rotatable bonds is 6. The van der Waals surface area contributed by atoms with Crippen molar-refractivity contribution >= 4 is 22.8 Å². The van der Waals surface area contributed by atoms with Gasteiger partial charge in [-0.2, -0.15) is 0 Å². The zero-order chi connectivity index (χ0) is 24.5. The summed E-state index contributed by atoms with van der Waals surface area (Å²) in [5, 5.41) is 10.8. The molecule has 184 valence electrons. The number of aromatic nitrogens is 1. The van der Waals surface area contributed by atoms with E-state index in [1.54, 1.807) is 12.1 Å². The largest absolute Gasteiger partial charge is 0.478 e. The van der Waals surface area contributed by atoms with Crippen molar-refractivity contribution in [2.45, 2.75) is 57.5 Å². The number of fused-ring (bicyclic) bond motifs is 5. The molecule has 0 bridgehead atoms. The van der Waals surface area contributed by atoms with Gasteiger partial charge in [-0.25, -0.2) is 4.79 Å². The molecule has 5 rings (SSSR count). The molecule has 3 aromatic rings. The molecule has 0 radical (unpaired) electrons. The first kappa shape index (κ1) is 23.6. The third kappa shape index (κ3) is 4.59. The molecule has 0 atom stereocenters. The molecule has 1 aliphatic heterocycles. The smallest absolute Gasteiger partial charge is 0.335 e. The van der Waals surface area contributed by atoms with Gasteiger partial charge in [-0.05, 0) is 69.1 Å². The summed E-state index contributed by atoms with van der Waals surface area (Å²) >= 11 is 0. The zero-order valence-electron chi connectivity index (χ0n) is 20.8. The predicted molar refractivity (Wildman–Crippen MR) is 139 cm³/mol. The number of aromatic carboxylic acids is 1. The van der Waals surface area contributed by atoms with Crippen molar-refractivity contribution in [2.75, 3.05) is 27.2 Å². The first-order valence-corrected chi connectivity index (χ1v) is 12.8. The highest BCUT2D eigenvalue weighted by atomic mass is 16.4. The lowest BCUT2D eigenvalue weighted by Gasteiger charge is -2.30. The number of amides is 1. The molecule has 2 aliphatic rings. The minimum absolute atomic E-state index is 0.0901. The standard InChI is InChI=1S/C29H35N3O3/c1-30(2)15-8-16-31-18-22-11-6-7-12-23(22)28-27(20-9-4-3-5-10-20)24-14-13-21(29(34)35)17-25(24)32(28)19-26(31)33/h6-7,11-14,17,20H,3-5,8-10,15-16,18-19H2,1-2H3,(H,34,35). The fraction of sp³-hybridized carbons (Fsp3) is 0.448. The Kier molecular flexibility index (Phi) is 6.65. The van der Waals surface area contributed by atoms with Crippen molar-refractivity contribution in [3.05, 3.63) is 59.2 Å². The molecule has 1 aromatic heterocycles. The predicted octanol–water partition coefficient (Wildman–Crippen LogP) is 5.35. The van der Waals surface area contributed by atoms with Crippen LogP contribution in [0.15, 0.2) is 42.5 Å². The molecule has 2 aromatic carbocycles. The van der Waals surface area contributed by atoms with Crippen LogP contribution in [0.4, 0.5) is 0 Å². The fourth-order valence-corrected chi connectivity index (χ4v) is 5.97. The Hall–Kier alpha value is -3.12. The molecule has 2 heterocycles. The van der Waals surface area contributed by atoms with Crippen molar-refractivity contribution in [3.8, 4) is 11.3 Å². The molecule has 1 saturated carbocycles. The first-order chi connectivity index (χ1) is 16.9. The van der Waals surface area contributed by atoms with Crippen LogP contribution in [0.3, 0.4) is 0 Å². The molecular weight excluding hydrogens is 438 g/mol. The maximum absolute atomic E-state index is 13.6. The Morgan fingerprint density at radius 3 is 2.57 bits per heavy atom. The summed E-state index contributed by atoms with van der Waals surface area (Å²) in [6.07, 6.45) is 6.88. The highest BCUT2D eigenvalue weighted by Gasteiger charge is 2.31. The van der Waals surface area contributed by atoms with Crippen molar-refractivity contribution in [3.63, 3.8) is 0 Å². The highest BCUT2D eigenvalue weighted by molar-refractivity contribution is 5.99. The summed E-state index contributed by atoms with van der Waals surface area (Å²) in [4.78, 5) is 29.6. The molecule has 1 fully saturated rings. The van der Waals surface area contributed by atoms with E-state index in [1.165, 1.54) is 30.4 Å². The molecular formula is C29H35N3O3. The van der Waals surface area contributed by atoms with Crippen molar-refractivity contribution in [2.24, 2.45) is 0 Å². The van der Waals surface area contributed by atoms with E-state index in [2.05, 4.69) is 47.8 Å². The first-order valence-electron chi connectivity index (χ1n) is 12.8. The SMILES string of the molecule is CN(C)CCCN1Cc2ccccc2-c2c(C3CCCCC3)c3ccc(C(=O)O)cc3n2CC1=O. The van der Waals surface area contributed by atoms with E-state index in [1.807, 2.05) is 11.0 Å². The number of hydrogen-bond donors (Lipinski definition) is 1. The third-order valence-corrected chi connectivity index (χ3v) is 7.68. The lowest BCUT2D eigenvalue weighted by atomic mass is 9.81. The molecule has 1 amide bonds. The van der Waals surface area contributed by atoms with Crippen LogP contribution in [-0.2, 0) is 17.9 Å². The van der Waals surface area contributed by atoms with Crippen LogP contribution >= 0.6 is 0 Å². The summed E-state index contributed by atoms with van der Waals surface area (Å²) in [7, 11) is 4.10. The van der Waals surface area contributed by atoms with Gasteiger partial charge >= 0.3 is 5.97 Å². The van der Waals surface area contributed by atoms with Crippen LogP contribution < -0.4 is 0 Å². The minimum atomic E-state index is -0.940. The number of carboxylic acid groups (broad SMARTS) is 1. The number of hydrogen-bond acceptors (Lipinski definition) is 3. The van der Waals surface area contributed by atoms with E-state index in [9.17, 15) is 14.7 Å². The van der Waals surface area contributed by atoms with Crippen molar-refractivity contribution in [1.82, 2.24) is 14.4 Å². The fourth-order valence-electron chi connectivity index (χ4n) is 5.97. The van der Waals surface area contributed by atoms with Gasteiger partial charge < -0.3 is 19.5 Å². The normalized spacial score (nSPS) is 16.8. The van der Waals surface area contributed by atoms with Gasteiger partial charge in [-0.15, -0.1) is 0 Å². The Labute approximate surface area is 207 Å². The van der Waals surface area contributed by atoms with Gasteiger partial charge in [0.15, 0.2) is 0 Å². The zero-order valence-corrected chi connectivity index (χ0v) is 20.8. The minimum Gasteiger partial charge on any atom is -0.478 e. The van der Waals surface area contributed by atoms with E-state index in [0.29, 0.717) is 19.0 Å². The molecule has 6 nitrogen and oxygen atoms in total. The van der Waals surface area contributed by atoms with Crippen LogP contribution in [-0.4, -0.2) is 58.5 Å². The molecule has 6 heteroatoms. The van der Waals surface area contributed by atoms with E-state index in [-0.39, 0.29) is 18.0 Å². The summed E-state index contributed by atoms with van der Waals surface area (Å²) in [6, 6.07) is 13.9. The van der Waals surface area contributed by atoms with E-state index in [0.717, 1.165) is 48.0 Å². The van der Waals surface area contributed by atoms with E-state index < -0.39 is 5.97 Å². The summed E-state index contributed by atoms with van der Waals surface area (Å²) < 4.78 is 2.12. The van der Waals surface area contributed by atoms with Gasteiger partial charge in [0, 0.05) is 24.0 Å². The van der Waals surface area contributed by atoms with E-state index >= 15 is 0 Å². The number of carboxylic acids is 1. The number of carbonyl (C=O) groups is 2. The Balaban J connectivity index is 1.70. The van der Waals surface area contributed by atoms with Crippen molar-refractivity contribution < 1.29 is 14.7 Å². The van der Waals surface area contributed by atoms with Gasteiger partial charge in [0.1, 0.15) is 6.54 Å². The molecule has 0 unspecified atom stereocenters. The maximum Gasteiger partial charge on any atom is 0.335 e. The maximum atomic E-state index is 13.6. The number of nitrogens with zero attached hydrogens (tertiary/aromatic N) is 3. The third-order valence-electron chi connectivity index (χ3n) is 7.68. The lowest BCUT2D eigenvalue weighted by Crippen LogP contribution is -2.36. The Bertz CT molecular complexity index is 1250. The highest BCUT2D eigenvalue weighted by Crippen LogP contribution is 2.45. The number of carbonyl (C=O) groups excluding carboxylic acids is 1. The summed E-state index contributed by atoms with van der Waals surface area (Å²) in [6.45, 7) is 2.47. The molecule has 1 N–H and O–H groups in total. The average Bonchev–Trinajstić information content (AvgIpc) is 3.16. The van der Waals surface area contributed by atoms with Gasteiger partial charge in [0.05, 0.1) is 16.8 Å². The second-order valence-electron chi connectivity index (χ2n) is 10.3. The molecule has 35 heavy (non-hydrogen) atoms. The van der Waals surface area contributed by atoms with Gasteiger partial charge in [0.2, 0.25) is 5.91 Å². The number of benzene rings is 2. The molecule has 1 aliphatic carbocycles. The van der Waals surface area contributed by atoms with Crippen molar-refractivity contribution in [1.29, 1.82) is 0 Å². The van der Waals surface area contributed by atoms with Crippen LogP contribution in [0.5, 0.6) is 0 Å². The van der Waals surface area contributed by atoms with Crippen LogP contribution in [0.25, 0.3) is 22.2 Å². The second kappa shape index (κ2) is 9.86.